The van der Waals surface area contributed by atoms with Gasteiger partial charge in [-0.2, -0.15) is 5.10 Å². The Balaban J connectivity index is 1.47. The van der Waals surface area contributed by atoms with Crippen LogP contribution in [-0.4, -0.2) is 42.0 Å². The summed E-state index contributed by atoms with van der Waals surface area (Å²) in [5, 5.41) is 20.1. The van der Waals surface area contributed by atoms with E-state index in [-0.39, 0.29) is 22.4 Å². The number of phenols is 1. The van der Waals surface area contributed by atoms with Crippen LogP contribution >= 0.6 is 0 Å². The van der Waals surface area contributed by atoms with Crippen LogP contribution in [0.25, 0.3) is 33.2 Å². The predicted octanol–water partition coefficient (Wildman–Crippen LogP) is 2.99. The molecule has 2 fully saturated rings. The van der Waals surface area contributed by atoms with Crippen LogP contribution in [0.4, 0.5) is 0 Å². The molecule has 0 radical (unpaired) electrons. The number of aromatic nitrogens is 5. The van der Waals surface area contributed by atoms with Gasteiger partial charge >= 0.3 is 0 Å². The molecule has 2 aliphatic carbocycles. The topological polar surface area (TPSA) is 97.9 Å². The zero-order chi connectivity index (χ0) is 22.3. The van der Waals surface area contributed by atoms with Crippen molar-refractivity contribution in [2.75, 3.05) is 7.05 Å². The second-order valence-corrected chi connectivity index (χ2v) is 9.55. The zero-order valence-electron chi connectivity index (χ0n) is 18.5. The Kier molecular flexibility index (Phi) is 3.88. The van der Waals surface area contributed by atoms with Gasteiger partial charge in [0.1, 0.15) is 5.75 Å². The quantitative estimate of drug-likeness (QED) is 0.519. The monoisotopic (exact) mass is 430 g/mol. The highest BCUT2D eigenvalue weighted by molar-refractivity contribution is 5.90. The number of nitrogens with one attached hydrogen (secondary N) is 1. The second kappa shape index (κ2) is 6.38. The summed E-state index contributed by atoms with van der Waals surface area (Å²) < 4.78 is 3.65. The molecule has 32 heavy (non-hydrogen) atoms. The number of rotatable bonds is 3. The first-order chi connectivity index (χ1) is 15.3. The molecule has 0 spiro atoms. The van der Waals surface area contributed by atoms with Gasteiger partial charge in [0.05, 0.1) is 22.0 Å². The molecule has 2 bridgehead atoms. The summed E-state index contributed by atoms with van der Waals surface area (Å²) in [6.07, 6.45) is 10.6. The van der Waals surface area contributed by atoms with Gasteiger partial charge in [-0.1, -0.05) is 0 Å². The van der Waals surface area contributed by atoms with E-state index in [0.717, 1.165) is 43.0 Å². The van der Waals surface area contributed by atoms with Crippen LogP contribution < -0.4 is 10.9 Å². The maximum Gasteiger partial charge on any atom is 0.262 e. The first-order valence-electron chi connectivity index (χ1n) is 11.1. The van der Waals surface area contributed by atoms with Crippen molar-refractivity contribution in [2.45, 2.75) is 50.1 Å². The van der Waals surface area contributed by atoms with Crippen LogP contribution in [0.3, 0.4) is 0 Å². The Morgan fingerprint density at radius 1 is 1.22 bits per heavy atom. The molecule has 3 heterocycles. The Morgan fingerprint density at radius 2 is 2.00 bits per heavy atom. The number of fused-ring (bicyclic) bond motifs is 4. The number of hydrogen-bond acceptors (Lipinski definition) is 6. The van der Waals surface area contributed by atoms with E-state index in [2.05, 4.69) is 20.4 Å². The molecule has 2 saturated carbocycles. The molecule has 0 atom stereocenters. The average Bonchev–Trinajstić information content (AvgIpc) is 3.48. The Bertz CT molecular complexity index is 1460. The molecule has 2 N–H and O–H groups in total. The van der Waals surface area contributed by atoms with Gasteiger partial charge in [0.25, 0.3) is 5.56 Å². The molecule has 164 valence electrons. The molecule has 3 aromatic heterocycles. The van der Waals surface area contributed by atoms with E-state index >= 15 is 0 Å². The predicted molar refractivity (Wildman–Crippen MR) is 123 cm³/mol. The smallest absolute Gasteiger partial charge is 0.262 e. The molecule has 0 aliphatic heterocycles. The van der Waals surface area contributed by atoms with Gasteiger partial charge in [-0.25, -0.2) is 9.97 Å². The minimum Gasteiger partial charge on any atom is -0.507 e. The summed E-state index contributed by atoms with van der Waals surface area (Å²) >= 11 is 0. The highest BCUT2D eigenvalue weighted by Crippen LogP contribution is 2.54. The van der Waals surface area contributed by atoms with Crippen LogP contribution in [0.15, 0.2) is 35.5 Å². The van der Waals surface area contributed by atoms with E-state index in [0.29, 0.717) is 27.9 Å². The number of aromatic hydroxyl groups is 1. The van der Waals surface area contributed by atoms with Crippen molar-refractivity contribution in [3.63, 3.8) is 0 Å². The first-order valence-corrected chi connectivity index (χ1v) is 11.1. The fraction of sp³-hybridized carbons (Fsp3) is 0.417. The van der Waals surface area contributed by atoms with Gasteiger partial charge in [0.15, 0.2) is 5.82 Å². The number of phenolic OH excluding ortho intramolecular Hbond substituents is 1. The third-order valence-electron chi connectivity index (χ3n) is 7.86. The van der Waals surface area contributed by atoms with Gasteiger partial charge in [-0.15, -0.1) is 0 Å². The molecular formula is C24H26N6O2. The fourth-order valence-corrected chi connectivity index (χ4v) is 5.99. The highest BCUT2D eigenvalue weighted by atomic mass is 16.3. The number of benzene rings is 1. The molecule has 2 aliphatic rings. The van der Waals surface area contributed by atoms with Crippen LogP contribution in [0, 0.1) is 6.92 Å². The molecule has 0 saturated heterocycles. The summed E-state index contributed by atoms with van der Waals surface area (Å²) in [5.41, 5.74) is 2.58. The van der Waals surface area contributed by atoms with Gasteiger partial charge in [-0.05, 0) is 58.2 Å². The van der Waals surface area contributed by atoms with Crippen LogP contribution in [-0.2, 0) is 12.6 Å². The van der Waals surface area contributed by atoms with Crippen LogP contribution in [0.1, 0.15) is 37.7 Å². The third kappa shape index (κ3) is 2.53. The average molecular weight is 431 g/mol. The van der Waals surface area contributed by atoms with Crippen molar-refractivity contribution in [3.05, 3.63) is 46.6 Å². The lowest BCUT2D eigenvalue weighted by atomic mass is 9.91. The largest absolute Gasteiger partial charge is 0.507 e. The van der Waals surface area contributed by atoms with Crippen LogP contribution in [0.2, 0.25) is 0 Å². The fourth-order valence-electron chi connectivity index (χ4n) is 5.99. The number of hydrogen-bond donors (Lipinski definition) is 2. The maximum absolute atomic E-state index is 13.4. The minimum atomic E-state index is -0.117. The van der Waals surface area contributed by atoms with Crippen molar-refractivity contribution in [1.29, 1.82) is 0 Å². The zero-order valence-corrected chi connectivity index (χ0v) is 18.5. The van der Waals surface area contributed by atoms with E-state index in [4.69, 9.17) is 0 Å². The lowest BCUT2D eigenvalue weighted by Crippen LogP contribution is -2.38. The van der Waals surface area contributed by atoms with Crippen LogP contribution in [0.5, 0.6) is 5.75 Å². The summed E-state index contributed by atoms with van der Waals surface area (Å²) in [6, 6.07) is 3.75. The molecule has 8 nitrogen and oxygen atoms in total. The molecule has 6 rings (SSSR count). The Hall–Kier alpha value is -3.26. The Morgan fingerprint density at radius 3 is 2.72 bits per heavy atom. The van der Waals surface area contributed by atoms with E-state index < -0.39 is 0 Å². The lowest BCUT2D eigenvalue weighted by molar-refractivity contribution is 0.280. The van der Waals surface area contributed by atoms with Gasteiger partial charge in [0.2, 0.25) is 0 Å². The van der Waals surface area contributed by atoms with E-state index in [1.165, 1.54) is 0 Å². The minimum absolute atomic E-state index is 0.0361. The van der Waals surface area contributed by atoms with Gasteiger partial charge in [-0.3, -0.25) is 9.48 Å². The van der Waals surface area contributed by atoms with E-state index in [1.54, 1.807) is 10.9 Å². The van der Waals surface area contributed by atoms with E-state index in [1.807, 2.05) is 50.1 Å². The molecule has 0 amide bonds. The van der Waals surface area contributed by atoms with Gasteiger partial charge in [0, 0.05) is 47.7 Å². The summed E-state index contributed by atoms with van der Waals surface area (Å²) in [7, 11) is 3.88. The molecule has 1 aromatic carbocycles. The Labute approximate surface area is 184 Å². The van der Waals surface area contributed by atoms with Gasteiger partial charge < -0.3 is 15.0 Å². The summed E-state index contributed by atoms with van der Waals surface area (Å²) in [4.78, 5) is 22.6. The highest BCUT2D eigenvalue weighted by Gasteiger charge is 2.54. The SMILES string of the molecule is CNC12CCC(n3ccc4nc(-c5cc6cn(C)nc6c(C)c5O)ncc4c3=O)(CC1)C2. The number of nitrogens with zero attached hydrogens (tertiary/aromatic N) is 5. The number of pyridine rings is 1. The third-order valence-corrected chi connectivity index (χ3v) is 7.86. The number of aryl methyl sites for hydroxylation is 2. The van der Waals surface area contributed by atoms with Crippen molar-refractivity contribution >= 4 is 21.8 Å². The van der Waals surface area contributed by atoms with Crippen molar-refractivity contribution < 1.29 is 5.11 Å². The van der Waals surface area contributed by atoms with Crippen molar-refractivity contribution in [2.24, 2.45) is 7.05 Å². The second-order valence-electron chi connectivity index (χ2n) is 9.55. The first kappa shape index (κ1) is 19.4. The standard InChI is InChI=1S/C24H26N6O2/c1-14-19-15(12-29(3)28-19)10-16(20(14)31)21-26-11-17-18(27-21)4-9-30(22(17)32)24-7-5-23(13-24,25-2)6-8-24/h4,9-12,25,31H,5-8,13H2,1-3H3. The van der Waals surface area contributed by atoms with Crippen molar-refractivity contribution in [1.82, 2.24) is 29.6 Å². The lowest BCUT2D eigenvalue weighted by Gasteiger charge is -2.29. The normalized spacial score (nSPS) is 24.7. The summed E-state index contributed by atoms with van der Waals surface area (Å²) in [6.45, 7) is 1.83. The molecule has 0 unspecified atom stereocenters. The summed E-state index contributed by atoms with van der Waals surface area (Å²) in [5.74, 6) is 0.512. The molecule has 8 heteroatoms. The molecule has 4 aromatic rings. The molecular weight excluding hydrogens is 404 g/mol. The maximum atomic E-state index is 13.4. The van der Waals surface area contributed by atoms with E-state index in [9.17, 15) is 9.90 Å². The van der Waals surface area contributed by atoms with Crippen molar-refractivity contribution in [3.8, 4) is 17.1 Å².